The van der Waals surface area contributed by atoms with Crippen LogP contribution in [0, 0.1) is 0 Å². The zero-order valence-electron chi connectivity index (χ0n) is 11.5. The summed E-state index contributed by atoms with van der Waals surface area (Å²) in [4.78, 5) is 43.3. The topological polar surface area (TPSA) is 104 Å². The first kappa shape index (κ1) is 15.4. The molecule has 2 heterocycles. The lowest BCUT2D eigenvalue weighted by molar-refractivity contribution is -0.145. The van der Waals surface area contributed by atoms with Crippen molar-refractivity contribution < 1.29 is 19.1 Å². The number of rotatable bonds is 6. The van der Waals surface area contributed by atoms with E-state index in [9.17, 15) is 14.4 Å². The lowest BCUT2D eigenvalue weighted by Gasteiger charge is -2.18. The van der Waals surface area contributed by atoms with E-state index in [1.807, 2.05) is 0 Å². The number of H-pyrrole nitrogens is 1. The fourth-order valence-corrected chi connectivity index (χ4v) is 2.81. The Kier molecular flexibility index (Phi) is 5.20. The molecule has 9 heteroatoms. The minimum Gasteiger partial charge on any atom is -0.467 e. The van der Waals surface area contributed by atoms with Crippen molar-refractivity contribution in [3.05, 3.63) is 18.2 Å². The zero-order chi connectivity index (χ0) is 15.2. The third-order valence-corrected chi connectivity index (χ3v) is 3.90. The molecular formula is C12H16N4O4S. The maximum atomic E-state index is 12.0. The van der Waals surface area contributed by atoms with Gasteiger partial charge in [0.05, 0.1) is 25.1 Å². The quantitative estimate of drug-likeness (QED) is 0.663. The molecule has 1 atom stereocenters. The van der Waals surface area contributed by atoms with Gasteiger partial charge in [0.15, 0.2) is 0 Å². The van der Waals surface area contributed by atoms with Gasteiger partial charge in [-0.25, -0.2) is 9.78 Å². The van der Waals surface area contributed by atoms with Crippen molar-refractivity contribution in [2.45, 2.75) is 12.5 Å². The molecule has 0 spiro atoms. The van der Waals surface area contributed by atoms with Crippen LogP contribution in [0.3, 0.4) is 0 Å². The minimum atomic E-state index is -0.812. The first-order valence-corrected chi connectivity index (χ1v) is 7.45. The Balaban J connectivity index is 1.92. The molecule has 1 fully saturated rings. The Morgan fingerprint density at radius 1 is 1.62 bits per heavy atom. The number of aromatic amines is 1. The molecule has 0 aromatic carbocycles. The molecular weight excluding hydrogens is 296 g/mol. The average molecular weight is 312 g/mol. The van der Waals surface area contributed by atoms with E-state index in [1.165, 1.54) is 30.1 Å². The van der Waals surface area contributed by atoms with Crippen LogP contribution in [0.1, 0.15) is 5.69 Å². The smallest absolute Gasteiger partial charge is 0.328 e. The van der Waals surface area contributed by atoms with Gasteiger partial charge in [0.2, 0.25) is 11.8 Å². The van der Waals surface area contributed by atoms with Gasteiger partial charge in [-0.15, -0.1) is 11.8 Å². The van der Waals surface area contributed by atoms with Gasteiger partial charge in [0.25, 0.3) is 0 Å². The molecule has 21 heavy (non-hydrogen) atoms. The largest absolute Gasteiger partial charge is 0.467 e. The fraction of sp³-hybridized carbons (Fsp3) is 0.500. The van der Waals surface area contributed by atoms with Crippen molar-refractivity contribution in [2.24, 2.45) is 0 Å². The molecule has 1 aromatic heterocycles. The molecule has 114 valence electrons. The predicted octanol–water partition coefficient (Wildman–Crippen LogP) is -0.857. The number of nitrogens with one attached hydrogen (secondary N) is 2. The zero-order valence-corrected chi connectivity index (χ0v) is 12.3. The second-order valence-electron chi connectivity index (χ2n) is 4.49. The van der Waals surface area contributed by atoms with Crippen molar-refractivity contribution in [3.8, 4) is 0 Å². The minimum absolute atomic E-state index is 0.0533. The molecule has 1 aromatic rings. The molecule has 1 aliphatic rings. The number of thioether (sulfide) groups is 1. The first-order valence-electron chi connectivity index (χ1n) is 6.30. The Labute approximate surface area is 125 Å². The Morgan fingerprint density at radius 2 is 2.43 bits per heavy atom. The van der Waals surface area contributed by atoms with Gasteiger partial charge >= 0.3 is 5.97 Å². The summed E-state index contributed by atoms with van der Waals surface area (Å²) in [7, 11) is 1.26. The van der Waals surface area contributed by atoms with Crippen molar-refractivity contribution in [3.63, 3.8) is 0 Å². The Hall–Kier alpha value is -2.03. The standard InChI is InChI=1S/C12H16N4O4S/c1-20-12(19)9(2-8-3-13-6-14-8)15-10(17)4-16-7-21-5-11(16)18/h3,6,9H,2,4-5,7H2,1H3,(H,13,14)(H,15,17)/t9-/m0/s1. The highest BCUT2D eigenvalue weighted by Crippen LogP contribution is 2.14. The van der Waals surface area contributed by atoms with Crippen LogP contribution in [0.15, 0.2) is 12.5 Å². The molecule has 0 unspecified atom stereocenters. The predicted molar refractivity (Wildman–Crippen MR) is 75.3 cm³/mol. The highest BCUT2D eigenvalue weighted by molar-refractivity contribution is 8.00. The van der Waals surface area contributed by atoms with Crippen LogP contribution < -0.4 is 5.32 Å². The van der Waals surface area contributed by atoms with Gasteiger partial charge in [-0.2, -0.15) is 0 Å². The van der Waals surface area contributed by atoms with Crippen molar-refractivity contribution in [1.82, 2.24) is 20.2 Å². The second kappa shape index (κ2) is 7.11. The van der Waals surface area contributed by atoms with Crippen LogP contribution in [-0.2, 0) is 25.5 Å². The van der Waals surface area contributed by atoms with Crippen LogP contribution in [0.5, 0.6) is 0 Å². The average Bonchev–Trinajstić information content (AvgIpc) is 3.10. The second-order valence-corrected chi connectivity index (χ2v) is 5.45. The van der Waals surface area contributed by atoms with Gasteiger partial charge in [0, 0.05) is 18.3 Å². The summed E-state index contributed by atoms with van der Waals surface area (Å²) in [6.45, 7) is -0.0533. The summed E-state index contributed by atoms with van der Waals surface area (Å²) in [5.74, 6) is -0.114. The lowest BCUT2D eigenvalue weighted by atomic mass is 10.1. The number of hydrogen-bond donors (Lipinski definition) is 2. The van der Waals surface area contributed by atoms with Crippen molar-refractivity contribution in [2.75, 3.05) is 25.3 Å². The van der Waals surface area contributed by atoms with E-state index >= 15 is 0 Å². The first-order chi connectivity index (χ1) is 10.1. The van der Waals surface area contributed by atoms with Crippen LogP contribution in [0.2, 0.25) is 0 Å². The summed E-state index contributed by atoms with van der Waals surface area (Å²) in [6.07, 6.45) is 3.31. The summed E-state index contributed by atoms with van der Waals surface area (Å²) in [6, 6.07) is -0.812. The lowest BCUT2D eigenvalue weighted by Crippen LogP contribution is -2.47. The van der Waals surface area contributed by atoms with Crippen LogP contribution in [-0.4, -0.2) is 64.0 Å². The molecule has 8 nitrogen and oxygen atoms in total. The van der Waals surface area contributed by atoms with Gasteiger partial charge < -0.3 is 19.9 Å². The SMILES string of the molecule is COC(=O)[C@H](Cc1cnc[nH]1)NC(=O)CN1CSCC1=O. The van der Waals surface area contributed by atoms with Gasteiger partial charge in [-0.05, 0) is 0 Å². The molecule has 2 rings (SSSR count). The fourth-order valence-electron chi connectivity index (χ4n) is 1.91. The third-order valence-electron chi connectivity index (χ3n) is 2.96. The number of amides is 2. The van der Waals surface area contributed by atoms with E-state index in [-0.39, 0.29) is 24.8 Å². The van der Waals surface area contributed by atoms with Gasteiger partial charge in [-0.3, -0.25) is 9.59 Å². The van der Waals surface area contributed by atoms with Gasteiger partial charge in [-0.1, -0.05) is 0 Å². The number of imidazole rings is 1. The van der Waals surface area contributed by atoms with Crippen molar-refractivity contribution in [1.29, 1.82) is 0 Å². The Morgan fingerprint density at radius 3 is 3.00 bits per heavy atom. The summed E-state index contributed by atoms with van der Waals surface area (Å²) >= 11 is 1.46. The van der Waals surface area contributed by atoms with Crippen LogP contribution in [0.25, 0.3) is 0 Å². The molecule has 0 bridgehead atoms. The number of nitrogens with zero attached hydrogens (tertiary/aromatic N) is 2. The summed E-state index contributed by atoms with van der Waals surface area (Å²) in [5, 5.41) is 2.59. The molecule has 0 aliphatic carbocycles. The van der Waals surface area contributed by atoms with E-state index in [2.05, 4.69) is 20.0 Å². The highest BCUT2D eigenvalue weighted by Gasteiger charge is 2.26. The normalized spacial score (nSPS) is 15.9. The number of methoxy groups -OCH3 is 1. The van der Waals surface area contributed by atoms with Crippen molar-refractivity contribution >= 4 is 29.5 Å². The van der Waals surface area contributed by atoms with Crippen LogP contribution >= 0.6 is 11.8 Å². The number of hydrogen-bond acceptors (Lipinski definition) is 6. The number of aromatic nitrogens is 2. The number of carbonyl (C=O) groups excluding carboxylic acids is 3. The third kappa shape index (κ3) is 4.22. The van der Waals surface area contributed by atoms with E-state index in [0.717, 1.165) is 0 Å². The number of esters is 1. The molecule has 2 amide bonds. The van der Waals surface area contributed by atoms with E-state index < -0.39 is 12.0 Å². The molecule has 0 radical (unpaired) electrons. The summed E-state index contributed by atoms with van der Waals surface area (Å²) in [5.41, 5.74) is 0.707. The Bertz CT molecular complexity index is 519. The van der Waals surface area contributed by atoms with E-state index in [1.54, 1.807) is 6.20 Å². The molecule has 2 N–H and O–H groups in total. The molecule has 0 saturated carbocycles. The highest BCUT2D eigenvalue weighted by atomic mass is 32.2. The van der Waals surface area contributed by atoms with Crippen LogP contribution in [0.4, 0.5) is 0 Å². The molecule has 1 saturated heterocycles. The monoisotopic (exact) mass is 312 g/mol. The molecule has 1 aliphatic heterocycles. The number of carbonyl (C=O) groups is 3. The number of ether oxygens (including phenoxy) is 1. The summed E-state index contributed by atoms with van der Waals surface area (Å²) < 4.78 is 4.68. The maximum Gasteiger partial charge on any atom is 0.328 e. The van der Waals surface area contributed by atoms with Gasteiger partial charge in [0.1, 0.15) is 12.6 Å². The van der Waals surface area contributed by atoms with E-state index in [4.69, 9.17) is 0 Å². The maximum absolute atomic E-state index is 12.0. The van der Waals surface area contributed by atoms with E-state index in [0.29, 0.717) is 17.3 Å².